The number of rotatable bonds is 1. The number of fused-ring (bicyclic) bond motifs is 1. The summed E-state index contributed by atoms with van der Waals surface area (Å²) in [4.78, 5) is 11.4. The van der Waals surface area contributed by atoms with Gasteiger partial charge in [0.15, 0.2) is 0 Å². The molecule has 4 nitrogen and oxygen atoms in total. The fourth-order valence-corrected chi connectivity index (χ4v) is 1.77. The van der Waals surface area contributed by atoms with Crippen molar-refractivity contribution in [2.24, 2.45) is 0 Å². The van der Waals surface area contributed by atoms with Crippen molar-refractivity contribution in [2.45, 2.75) is 19.4 Å². The van der Waals surface area contributed by atoms with Gasteiger partial charge in [0, 0.05) is 12.1 Å². The van der Waals surface area contributed by atoms with Gasteiger partial charge in [-0.2, -0.15) is 0 Å². The summed E-state index contributed by atoms with van der Waals surface area (Å²) in [7, 11) is 1.39. The Hall–Kier alpha value is -1.71. The number of ether oxygens (including phenoxy) is 1. The molecule has 0 fully saturated rings. The van der Waals surface area contributed by atoms with Gasteiger partial charge in [0.05, 0.1) is 24.0 Å². The third-order valence-electron chi connectivity index (χ3n) is 2.63. The van der Waals surface area contributed by atoms with Gasteiger partial charge in [0.2, 0.25) is 0 Å². The molecule has 1 aliphatic heterocycles. The van der Waals surface area contributed by atoms with Crippen molar-refractivity contribution < 1.29 is 9.53 Å². The first-order valence-corrected chi connectivity index (χ1v) is 5.26. The Balaban J connectivity index is 2.34. The van der Waals surface area contributed by atoms with Gasteiger partial charge < -0.3 is 15.4 Å². The summed E-state index contributed by atoms with van der Waals surface area (Å²) >= 11 is 0. The van der Waals surface area contributed by atoms with E-state index in [0.29, 0.717) is 5.56 Å². The van der Waals surface area contributed by atoms with E-state index in [0.717, 1.165) is 17.9 Å². The van der Waals surface area contributed by atoms with Gasteiger partial charge in [-0.3, -0.25) is 0 Å². The van der Waals surface area contributed by atoms with E-state index in [9.17, 15) is 4.79 Å². The lowest BCUT2D eigenvalue weighted by atomic mass is 10.0. The molecule has 0 bridgehead atoms. The number of benzene rings is 1. The van der Waals surface area contributed by atoms with Crippen molar-refractivity contribution in [3.63, 3.8) is 0 Å². The van der Waals surface area contributed by atoms with Gasteiger partial charge in [0.25, 0.3) is 0 Å². The molecule has 16 heavy (non-hydrogen) atoms. The smallest absolute Gasteiger partial charge is 0.337 e. The highest BCUT2D eigenvalue weighted by molar-refractivity contribution is 5.92. The average molecular weight is 220 g/mol. The fraction of sp³-hybridized carbons (Fsp3) is 0.417. The van der Waals surface area contributed by atoms with Gasteiger partial charge in [-0.15, -0.1) is 0 Å². The van der Waals surface area contributed by atoms with E-state index in [2.05, 4.69) is 24.5 Å². The molecule has 4 heteroatoms. The lowest BCUT2D eigenvalue weighted by Crippen LogP contribution is -2.42. The van der Waals surface area contributed by atoms with Crippen LogP contribution in [0.3, 0.4) is 0 Å². The topological polar surface area (TPSA) is 50.4 Å². The maximum atomic E-state index is 11.4. The summed E-state index contributed by atoms with van der Waals surface area (Å²) in [5.74, 6) is -0.312. The first kappa shape index (κ1) is 10.8. The van der Waals surface area contributed by atoms with Crippen molar-refractivity contribution in [2.75, 3.05) is 24.3 Å². The van der Waals surface area contributed by atoms with Crippen LogP contribution in [-0.2, 0) is 4.74 Å². The Morgan fingerprint density at radius 1 is 1.38 bits per heavy atom. The minimum absolute atomic E-state index is 0.0122. The molecule has 1 aromatic rings. The van der Waals surface area contributed by atoms with E-state index in [1.54, 1.807) is 6.07 Å². The predicted molar refractivity (Wildman–Crippen MR) is 64.0 cm³/mol. The zero-order valence-corrected chi connectivity index (χ0v) is 9.76. The van der Waals surface area contributed by atoms with E-state index >= 15 is 0 Å². The van der Waals surface area contributed by atoms with Crippen LogP contribution in [-0.4, -0.2) is 25.2 Å². The zero-order chi connectivity index (χ0) is 11.8. The minimum atomic E-state index is -0.312. The number of hydrogen-bond donors (Lipinski definition) is 2. The van der Waals surface area contributed by atoms with Crippen molar-refractivity contribution in [1.82, 2.24) is 0 Å². The molecule has 0 aromatic heterocycles. The molecule has 1 heterocycles. The fourth-order valence-electron chi connectivity index (χ4n) is 1.77. The number of esters is 1. The second kappa shape index (κ2) is 3.70. The lowest BCUT2D eigenvalue weighted by molar-refractivity contribution is 0.0601. The molecule has 0 spiro atoms. The Morgan fingerprint density at radius 3 is 2.81 bits per heavy atom. The van der Waals surface area contributed by atoms with E-state index < -0.39 is 0 Å². The Bertz CT molecular complexity index is 427. The molecule has 86 valence electrons. The number of carbonyl (C=O) groups excluding carboxylic acids is 1. The molecule has 0 unspecified atom stereocenters. The number of methoxy groups -OCH3 is 1. The second-order valence-corrected chi connectivity index (χ2v) is 4.61. The number of anilines is 2. The number of carbonyl (C=O) groups is 1. The highest BCUT2D eigenvalue weighted by atomic mass is 16.5. The molecule has 0 aliphatic carbocycles. The van der Waals surface area contributed by atoms with Gasteiger partial charge in [-0.1, -0.05) is 0 Å². The number of nitrogens with one attached hydrogen (secondary N) is 2. The van der Waals surface area contributed by atoms with Crippen molar-refractivity contribution in [3.05, 3.63) is 23.8 Å². The first-order valence-electron chi connectivity index (χ1n) is 5.26. The molecule has 0 amide bonds. The molecule has 0 saturated heterocycles. The van der Waals surface area contributed by atoms with E-state index in [1.807, 2.05) is 12.1 Å². The second-order valence-electron chi connectivity index (χ2n) is 4.61. The zero-order valence-electron chi connectivity index (χ0n) is 9.76. The third-order valence-corrected chi connectivity index (χ3v) is 2.63. The largest absolute Gasteiger partial charge is 0.465 e. The molecular formula is C12H16N2O2. The molecule has 1 aromatic carbocycles. The summed E-state index contributed by atoms with van der Waals surface area (Å²) in [5, 5.41) is 6.71. The monoisotopic (exact) mass is 220 g/mol. The summed E-state index contributed by atoms with van der Waals surface area (Å²) in [5.41, 5.74) is 2.52. The lowest BCUT2D eigenvalue weighted by Gasteiger charge is -2.34. The van der Waals surface area contributed by atoms with E-state index in [-0.39, 0.29) is 11.5 Å². The summed E-state index contributed by atoms with van der Waals surface area (Å²) < 4.78 is 4.69. The normalized spacial score (nSPS) is 16.7. The highest BCUT2D eigenvalue weighted by Gasteiger charge is 2.24. The molecule has 1 aliphatic rings. The quantitative estimate of drug-likeness (QED) is 0.711. The average Bonchev–Trinajstić information content (AvgIpc) is 2.25. The third kappa shape index (κ3) is 1.96. The van der Waals surface area contributed by atoms with Gasteiger partial charge in [-0.05, 0) is 32.0 Å². The van der Waals surface area contributed by atoms with Crippen LogP contribution < -0.4 is 10.6 Å². The van der Waals surface area contributed by atoms with Crippen LogP contribution >= 0.6 is 0 Å². The highest BCUT2D eigenvalue weighted by Crippen LogP contribution is 2.30. The molecule has 0 radical (unpaired) electrons. The van der Waals surface area contributed by atoms with Crippen LogP contribution in [0.4, 0.5) is 11.4 Å². The van der Waals surface area contributed by atoms with Crippen molar-refractivity contribution in [1.29, 1.82) is 0 Å². The molecular weight excluding hydrogens is 204 g/mol. The Morgan fingerprint density at radius 2 is 2.12 bits per heavy atom. The molecule has 2 rings (SSSR count). The van der Waals surface area contributed by atoms with Crippen LogP contribution in [0.2, 0.25) is 0 Å². The predicted octanol–water partition coefficient (Wildman–Crippen LogP) is 2.09. The van der Waals surface area contributed by atoms with E-state index in [4.69, 9.17) is 4.74 Å². The van der Waals surface area contributed by atoms with Crippen LogP contribution in [0.25, 0.3) is 0 Å². The molecule has 0 atom stereocenters. The maximum Gasteiger partial charge on any atom is 0.337 e. The summed E-state index contributed by atoms with van der Waals surface area (Å²) in [6, 6.07) is 5.47. The van der Waals surface area contributed by atoms with E-state index in [1.165, 1.54) is 7.11 Å². The number of hydrogen-bond acceptors (Lipinski definition) is 4. The van der Waals surface area contributed by atoms with Crippen LogP contribution in [0.1, 0.15) is 24.2 Å². The van der Waals surface area contributed by atoms with Gasteiger partial charge in [0.1, 0.15) is 0 Å². The van der Waals surface area contributed by atoms with Crippen molar-refractivity contribution in [3.8, 4) is 0 Å². The Kier molecular flexibility index (Phi) is 2.50. The first-order chi connectivity index (χ1) is 7.52. The minimum Gasteiger partial charge on any atom is -0.465 e. The van der Waals surface area contributed by atoms with Crippen LogP contribution in [0.15, 0.2) is 18.2 Å². The Labute approximate surface area is 95.0 Å². The summed E-state index contributed by atoms with van der Waals surface area (Å²) in [6.07, 6.45) is 0. The van der Waals surface area contributed by atoms with Crippen LogP contribution in [0, 0.1) is 0 Å². The van der Waals surface area contributed by atoms with Crippen molar-refractivity contribution >= 4 is 17.3 Å². The standard InChI is InChI=1S/C12H16N2O2/c1-12(2)7-13-9-5-4-8(11(15)16-3)6-10(9)14-12/h4-6,13-14H,7H2,1-3H3. The van der Waals surface area contributed by atoms with Crippen LogP contribution in [0.5, 0.6) is 0 Å². The summed E-state index contributed by atoms with van der Waals surface area (Å²) in [6.45, 7) is 5.07. The molecule has 0 saturated carbocycles. The maximum absolute atomic E-state index is 11.4. The molecule has 2 N–H and O–H groups in total. The SMILES string of the molecule is COC(=O)c1ccc2c(c1)NC(C)(C)CN2. The van der Waals surface area contributed by atoms with Gasteiger partial charge >= 0.3 is 5.97 Å². The van der Waals surface area contributed by atoms with Gasteiger partial charge in [-0.25, -0.2) is 4.79 Å².